The number of para-hydroxylation sites is 1. The summed E-state index contributed by atoms with van der Waals surface area (Å²) in [6, 6.07) is 52.1. The van der Waals surface area contributed by atoms with Crippen LogP contribution < -0.4 is 15.7 Å². The standard InChI is InChI=1S/C63H53BN2OS/c1-60(2,3)34-18-20-35(21-19-34)66-50-33-55-42(43-29-46-47(31-54(43)68-55)62(6,7)27-26-61(46,4)5)28-40(50)37-22-23-39-57-49(25-24-45-56(57)38-15-10-12-16-44(38)63(45,8)9)65-51-30-41-36-14-11-13-17-52(36)67-53(41)32-48(51)64(66)58(37)59(39)65/h10-25,28-33H,26-27H2,1-9H3. The Hall–Kier alpha value is -6.56. The summed E-state index contributed by atoms with van der Waals surface area (Å²) in [5, 5.41) is 7.72. The zero-order chi connectivity index (χ0) is 46.1. The summed E-state index contributed by atoms with van der Waals surface area (Å²) in [4.78, 5) is 2.70. The van der Waals surface area contributed by atoms with E-state index < -0.39 is 0 Å². The summed E-state index contributed by atoms with van der Waals surface area (Å²) in [5.74, 6) is 0. The Bertz CT molecular complexity index is 4110. The quantitative estimate of drug-likeness (QED) is 0.153. The molecule has 0 amide bonds. The lowest BCUT2D eigenvalue weighted by molar-refractivity contribution is 0.332. The second-order valence-electron chi connectivity index (χ2n) is 23.5. The molecule has 0 fully saturated rings. The van der Waals surface area contributed by atoms with Gasteiger partial charge < -0.3 is 13.8 Å². The molecule has 2 aliphatic carbocycles. The smallest absolute Gasteiger partial charge is 0.333 e. The third-order valence-corrected chi connectivity index (χ3v) is 18.5. The molecule has 0 saturated carbocycles. The summed E-state index contributed by atoms with van der Waals surface area (Å²) in [6.07, 6.45) is 2.41. The maximum absolute atomic E-state index is 6.81. The van der Waals surface area contributed by atoms with Gasteiger partial charge in [-0.3, -0.25) is 0 Å². The third-order valence-electron chi connectivity index (χ3n) is 17.4. The second-order valence-corrected chi connectivity index (χ2v) is 24.6. The molecule has 0 atom stereocenters. The van der Waals surface area contributed by atoms with Crippen molar-refractivity contribution in [3.8, 4) is 27.9 Å². The fraction of sp³-hybridized carbons (Fsp3) is 0.238. The average Bonchev–Trinajstić information content (AvgIpc) is 4.04. The molecule has 68 heavy (non-hydrogen) atoms. The predicted molar refractivity (Wildman–Crippen MR) is 292 cm³/mol. The predicted octanol–water partition coefficient (Wildman–Crippen LogP) is 16.2. The number of nitrogens with zero attached hydrogens (tertiary/aromatic N) is 2. The monoisotopic (exact) mass is 896 g/mol. The minimum Gasteiger partial charge on any atom is -0.456 e. The largest absolute Gasteiger partial charge is 0.456 e. The number of anilines is 2. The molecule has 4 aliphatic rings. The van der Waals surface area contributed by atoms with Crippen LogP contribution in [0.3, 0.4) is 0 Å². The molecule has 0 saturated heterocycles. The maximum Gasteiger partial charge on any atom is 0.333 e. The summed E-state index contributed by atoms with van der Waals surface area (Å²) in [5.41, 5.74) is 23.5. The lowest BCUT2D eigenvalue weighted by Crippen LogP contribution is -2.60. The van der Waals surface area contributed by atoms with Crippen molar-refractivity contribution < 1.29 is 4.42 Å². The first-order chi connectivity index (χ1) is 32.6. The van der Waals surface area contributed by atoms with Crippen molar-refractivity contribution in [3.05, 3.63) is 161 Å². The van der Waals surface area contributed by atoms with Crippen molar-refractivity contribution in [1.82, 2.24) is 4.57 Å². The summed E-state index contributed by atoms with van der Waals surface area (Å²) < 4.78 is 12.2. The fourth-order valence-corrected chi connectivity index (χ4v) is 14.8. The average molecular weight is 897 g/mol. The van der Waals surface area contributed by atoms with Gasteiger partial charge >= 0.3 is 6.85 Å². The highest BCUT2D eigenvalue weighted by molar-refractivity contribution is 7.25. The van der Waals surface area contributed by atoms with Gasteiger partial charge in [0.2, 0.25) is 0 Å². The molecule has 0 radical (unpaired) electrons. The molecule has 0 unspecified atom stereocenters. The van der Waals surface area contributed by atoms with E-state index in [4.69, 9.17) is 4.42 Å². The number of hydrogen-bond donors (Lipinski definition) is 0. The van der Waals surface area contributed by atoms with E-state index in [1.165, 1.54) is 133 Å². The molecule has 5 heteroatoms. The first kappa shape index (κ1) is 39.4. The summed E-state index contributed by atoms with van der Waals surface area (Å²) in [6.45, 7) is 21.4. The zero-order valence-corrected chi connectivity index (χ0v) is 41.2. The number of hydrogen-bond acceptors (Lipinski definition) is 3. The molecule has 3 nitrogen and oxygen atoms in total. The second kappa shape index (κ2) is 12.6. The molecule has 2 aliphatic heterocycles. The number of rotatable bonds is 1. The van der Waals surface area contributed by atoms with Crippen LogP contribution in [-0.4, -0.2) is 11.4 Å². The van der Waals surface area contributed by atoms with Gasteiger partial charge in [0.05, 0.1) is 11.0 Å². The van der Waals surface area contributed by atoms with Gasteiger partial charge in [0.1, 0.15) is 11.2 Å². The Balaban J connectivity index is 1.10. The van der Waals surface area contributed by atoms with Crippen molar-refractivity contribution in [2.24, 2.45) is 0 Å². The number of thiophene rings is 1. The van der Waals surface area contributed by atoms with E-state index in [2.05, 4.69) is 205 Å². The van der Waals surface area contributed by atoms with Gasteiger partial charge in [-0.05, 0) is 145 Å². The van der Waals surface area contributed by atoms with Crippen molar-refractivity contribution in [3.63, 3.8) is 0 Å². The fourth-order valence-electron chi connectivity index (χ4n) is 13.6. The van der Waals surface area contributed by atoms with Gasteiger partial charge in [-0.1, -0.05) is 135 Å². The normalized spacial score (nSPS) is 17.1. The highest BCUT2D eigenvalue weighted by Gasteiger charge is 2.46. The zero-order valence-electron chi connectivity index (χ0n) is 40.4. The van der Waals surface area contributed by atoms with Gasteiger partial charge in [-0.15, -0.1) is 11.3 Å². The molecular weight excluding hydrogens is 844 g/mol. The Morgan fingerprint density at radius 2 is 1.28 bits per heavy atom. The number of furan rings is 1. The molecule has 15 rings (SSSR count). The van der Waals surface area contributed by atoms with Crippen LogP contribution in [-0.2, 0) is 21.7 Å². The maximum atomic E-state index is 6.81. The Morgan fingerprint density at radius 3 is 2.07 bits per heavy atom. The van der Waals surface area contributed by atoms with Gasteiger partial charge in [0, 0.05) is 69.8 Å². The van der Waals surface area contributed by atoms with E-state index >= 15 is 0 Å². The third kappa shape index (κ3) is 4.86. The lowest BCUT2D eigenvalue weighted by Gasteiger charge is -2.42. The van der Waals surface area contributed by atoms with E-state index in [1.807, 2.05) is 11.3 Å². The molecule has 0 spiro atoms. The first-order valence-electron chi connectivity index (χ1n) is 24.7. The first-order valence-corrected chi connectivity index (χ1v) is 25.6. The van der Waals surface area contributed by atoms with Gasteiger partial charge in [-0.2, -0.15) is 0 Å². The molecule has 0 N–H and O–H groups in total. The van der Waals surface area contributed by atoms with Crippen LogP contribution in [0, 0.1) is 0 Å². The number of fused-ring (bicyclic) bond motifs is 19. The van der Waals surface area contributed by atoms with Crippen molar-refractivity contribution in [2.45, 2.75) is 96.8 Å². The topological polar surface area (TPSA) is 21.3 Å². The SMILES string of the molecule is CC(C)(C)c1ccc(N2B3c4cc5oc6ccccc6c5cc4-n4c5ccc6c(c5c5ccc(c3c54)-c3cc4c(cc32)sc2cc3c(cc24)C(C)(C)CCC3(C)C)-c2ccccc2C6(C)C)cc1. The molecule has 8 aromatic carbocycles. The highest BCUT2D eigenvalue weighted by atomic mass is 32.1. The van der Waals surface area contributed by atoms with Crippen LogP contribution in [0.1, 0.15) is 103 Å². The van der Waals surface area contributed by atoms with Crippen LogP contribution in [0.2, 0.25) is 0 Å². The number of benzene rings is 8. The van der Waals surface area contributed by atoms with E-state index in [0.29, 0.717) is 0 Å². The van der Waals surface area contributed by atoms with E-state index in [1.54, 1.807) is 0 Å². The van der Waals surface area contributed by atoms with Crippen molar-refractivity contribution in [1.29, 1.82) is 0 Å². The van der Waals surface area contributed by atoms with Crippen LogP contribution in [0.25, 0.3) is 91.9 Å². The molecule has 330 valence electrons. The van der Waals surface area contributed by atoms with Crippen LogP contribution >= 0.6 is 11.3 Å². The molecular formula is C63H53BN2OS. The van der Waals surface area contributed by atoms with Crippen LogP contribution in [0.4, 0.5) is 11.4 Å². The van der Waals surface area contributed by atoms with E-state index in [-0.39, 0.29) is 28.5 Å². The highest BCUT2D eigenvalue weighted by Crippen LogP contribution is 2.56. The van der Waals surface area contributed by atoms with Gasteiger partial charge in [-0.25, -0.2) is 0 Å². The Morgan fingerprint density at radius 1 is 0.559 bits per heavy atom. The van der Waals surface area contributed by atoms with Crippen molar-refractivity contribution >= 4 is 104 Å². The minimum absolute atomic E-state index is 0.0291. The minimum atomic E-state index is -0.122. The van der Waals surface area contributed by atoms with Crippen LogP contribution in [0.5, 0.6) is 0 Å². The Kier molecular flexibility index (Phi) is 7.28. The van der Waals surface area contributed by atoms with E-state index in [9.17, 15) is 0 Å². The molecule has 0 bridgehead atoms. The molecule has 5 heterocycles. The number of aromatic nitrogens is 1. The lowest BCUT2D eigenvalue weighted by atomic mass is 9.44. The Labute approximate surface area is 402 Å². The van der Waals surface area contributed by atoms with E-state index in [0.717, 1.165) is 21.9 Å². The van der Waals surface area contributed by atoms with Gasteiger partial charge in [0.25, 0.3) is 0 Å². The summed E-state index contributed by atoms with van der Waals surface area (Å²) >= 11 is 1.97. The van der Waals surface area contributed by atoms with Gasteiger partial charge in [0.15, 0.2) is 0 Å². The molecule has 3 aromatic heterocycles. The van der Waals surface area contributed by atoms with Crippen LogP contribution in [0.15, 0.2) is 138 Å². The summed E-state index contributed by atoms with van der Waals surface area (Å²) in [7, 11) is 0. The van der Waals surface area contributed by atoms with Crippen molar-refractivity contribution in [2.75, 3.05) is 4.81 Å². The molecule has 11 aromatic rings.